The minimum Gasteiger partial charge on any atom is -0.207 e. The van der Waals surface area contributed by atoms with E-state index in [0.29, 0.717) is 6.54 Å². The molecule has 2 fully saturated rings. The molecule has 1 aromatic carbocycles. The molecule has 1 saturated heterocycles. The average Bonchev–Trinajstić information content (AvgIpc) is 2.59. The average molecular weight is 311 g/mol. The molecule has 0 amide bonds. The Morgan fingerprint density at radius 2 is 1.76 bits per heavy atom. The van der Waals surface area contributed by atoms with E-state index >= 15 is 0 Å². The number of benzene rings is 1. The number of halogens is 1. The summed E-state index contributed by atoms with van der Waals surface area (Å²) in [6.07, 6.45) is 2.87. The van der Waals surface area contributed by atoms with Crippen LogP contribution in [0.25, 0.3) is 0 Å². The van der Waals surface area contributed by atoms with Gasteiger partial charge in [0.25, 0.3) is 0 Å². The Morgan fingerprint density at radius 3 is 2.38 bits per heavy atom. The summed E-state index contributed by atoms with van der Waals surface area (Å²) in [6, 6.07) is 5.20. The van der Waals surface area contributed by atoms with Crippen LogP contribution >= 0.6 is 0 Å². The van der Waals surface area contributed by atoms with Crippen molar-refractivity contribution in [2.75, 3.05) is 6.54 Å². The van der Waals surface area contributed by atoms with Crippen molar-refractivity contribution >= 4 is 10.0 Å². The summed E-state index contributed by atoms with van der Waals surface area (Å²) in [7, 11) is -3.53. The fourth-order valence-corrected chi connectivity index (χ4v) is 6.21. The second-order valence-corrected chi connectivity index (χ2v) is 9.61. The Hall–Kier alpha value is -0.940. The summed E-state index contributed by atoms with van der Waals surface area (Å²) in [5.41, 5.74) is 0.226. The molecule has 3 rings (SSSR count). The van der Waals surface area contributed by atoms with Crippen molar-refractivity contribution in [3.8, 4) is 0 Å². The highest BCUT2D eigenvalue weighted by Crippen LogP contribution is 2.53. The van der Waals surface area contributed by atoms with Crippen LogP contribution in [0.4, 0.5) is 4.39 Å². The van der Waals surface area contributed by atoms with Gasteiger partial charge in [-0.05, 0) is 54.4 Å². The molecule has 5 heteroatoms. The molecule has 2 aliphatic rings. The van der Waals surface area contributed by atoms with Gasteiger partial charge in [-0.1, -0.05) is 20.8 Å². The lowest BCUT2D eigenvalue weighted by Crippen LogP contribution is -2.37. The van der Waals surface area contributed by atoms with E-state index in [1.165, 1.54) is 24.3 Å². The van der Waals surface area contributed by atoms with Gasteiger partial charge in [-0.3, -0.25) is 0 Å². The van der Waals surface area contributed by atoms with E-state index in [9.17, 15) is 12.8 Å². The molecule has 1 aliphatic carbocycles. The normalized spacial score (nSPS) is 32.3. The van der Waals surface area contributed by atoms with Crippen LogP contribution in [-0.2, 0) is 10.0 Å². The van der Waals surface area contributed by atoms with Gasteiger partial charge in [-0.15, -0.1) is 0 Å². The van der Waals surface area contributed by atoms with Crippen molar-refractivity contribution < 1.29 is 12.8 Å². The van der Waals surface area contributed by atoms with Gasteiger partial charge in [0.2, 0.25) is 10.0 Å². The Kier molecular flexibility index (Phi) is 3.23. The van der Waals surface area contributed by atoms with Crippen molar-refractivity contribution in [2.45, 2.75) is 51.0 Å². The first-order valence-electron chi connectivity index (χ1n) is 7.39. The lowest BCUT2D eigenvalue weighted by atomic mass is 9.65. The van der Waals surface area contributed by atoms with Crippen LogP contribution < -0.4 is 0 Å². The number of hydrogen-bond donors (Lipinski definition) is 0. The fraction of sp³-hybridized carbons (Fsp3) is 0.625. The maximum atomic E-state index is 13.0. The minimum absolute atomic E-state index is 0.0551. The lowest BCUT2D eigenvalue weighted by Gasteiger charge is -2.39. The number of rotatable bonds is 2. The fourth-order valence-electron chi connectivity index (χ4n) is 4.43. The summed E-state index contributed by atoms with van der Waals surface area (Å²) >= 11 is 0. The molecule has 0 N–H and O–H groups in total. The van der Waals surface area contributed by atoms with E-state index in [1.807, 2.05) is 0 Å². The van der Waals surface area contributed by atoms with Gasteiger partial charge < -0.3 is 0 Å². The third kappa shape index (κ3) is 2.61. The zero-order valence-electron chi connectivity index (χ0n) is 12.8. The first-order valence-corrected chi connectivity index (χ1v) is 8.83. The van der Waals surface area contributed by atoms with Gasteiger partial charge in [-0.25, -0.2) is 12.8 Å². The van der Waals surface area contributed by atoms with E-state index in [4.69, 9.17) is 0 Å². The molecule has 0 spiro atoms. The first kappa shape index (κ1) is 15.0. The molecule has 1 aromatic rings. The Balaban J connectivity index is 1.96. The third-order valence-electron chi connectivity index (χ3n) is 4.79. The molecule has 21 heavy (non-hydrogen) atoms. The number of hydrogen-bond acceptors (Lipinski definition) is 2. The van der Waals surface area contributed by atoms with E-state index < -0.39 is 15.8 Å². The van der Waals surface area contributed by atoms with Crippen molar-refractivity contribution in [3.05, 3.63) is 30.1 Å². The van der Waals surface area contributed by atoms with Gasteiger partial charge in [-0.2, -0.15) is 4.31 Å². The highest BCUT2D eigenvalue weighted by molar-refractivity contribution is 7.89. The van der Waals surface area contributed by atoms with Crippen LogP contribution in [0.3, 0.4) is 0 Å². The van der Waals surface area contributed by atoms with E-state index in [-0.39, 0.29) is 21.8 Å². The highest BCUT2D eigenvalue weighted by atomic mass is 32.2. The number of nitrogens with zero attached hydrogens (tertiary/aromatic N) is 1. The summed E-state index contributed by atoms with van der Waals surface area (Å²) in [5.74, 6) is -0.415. The smallest absolute Gasteiger partial charge is 0.207 e. The highest BCUT2D eigenvalue weighted by Gasteiger charge is 2.53. The standard InChI is InChI=1S/C16H22FNO2S/c1-15(2)8-13-9-16(3,10-15)11-18(13)21(19,20)14-6-4-12(17)5-7-14/h4-7,13H,8-11H2,1-3H3. The summed E-state index contributed by atoms with van der Waals surface area (Å²) in [5, 5.41) is 0. The molecular formula is C16H22FNO2S. The van der Waals surface area contributed by atoms with Crippen molar-refractivity contribution in [2.24, 2.45) is 10.8 Å². The zero-order valence-corrected chi connectivity index (χ0v) is 13.6. The molecule has 2 unspecified atom stereocenters. The van der Waals surface area contributed by atoms with Crippen LogP contribution in [0.5, 0.6) is 0 Å². The summed E-state index contributed by atoms with van der Waals surface area (Å²) in [6.45, 7) is 7.18. The number of fused-ring (bicyclic) bond motifs is 2. The van der Waals surface area contributed by atoms with Gasteiger partial charge in [0.1, 0.15) is 5.82 Å². The van der Waals surface area contributed by atoms with E-state index in [0.717, 1.165) is 19.3 Å². The quantitative estimate of drug-likeness (QED) is 0.839. The molecular weight excluding hydrogens is 289 g/mol. The second kappa shape index (κ2) is 4.53. The monoisotopic (exact) mass is 311 g/mol. The molecule has 0 aromatic heterocycles. The minimum atomic E-state index is -3.53. The lowest BCUT2D eigenvalue weighted by molar-refractivity contribution is 0.133. The Morgan fingerprint density at radius 1 is 1.14 bits per heavy atom. The molecule has 3 nitrogen and oxygen atoms in total. The number of sulfonamides is 1. The molecule has 1 aliphatic heterocycles. The Labute approximate surface area is 126 Å². The molecule has 2 atom stereocenters. The molecule has 1 saturated carbocycles. The van der Waals surface area contributed by atoms with Crippen LogP contribution in [0.15, 0.2) is 29.2 Å². The molecule has 0 radical (unpaired) electrons. The van der Waals surface area contributed by atoms with Crippen LogP contribution in [0, 0.1) is 16.6 Å². The third-order valence-corrected chi connectivity index (χ3v) is 6.70. The van der Waals surface area contributed by atoms with Gasteiger partial charge in [0, 0.05) is 12.6 Å². The Bertz CT molecular complexity index is 653. The van der Waals surface area contributed by atoms with Crippen LogP contribution in [0.1, 0.15) is 40.0 Å². The van der Waals surface area contributed by atoms with Crippen molar-refractivity contribution in [1.29, 1.82) is 0 Å². The maximum absolute atomic E-state index is 13.0. The van der Waals surface area contributed by atoms with Gasteiger partial charge in [0.05, 0.1) is 4.90 Å². The van der Waals surface area contributed by atoms with E-state index in [1.54, 1.807) is 4.31 Å². The second-order valence-electron chi connectivity index (χ2n) is 7.72. The van der Waals surface area contributed by atoms with E-state index in [2.05, 4.69) is 20.8 Å². The summed E-state index contributed by atoms with van der Waals surface area (Å²) < 4.78 is 40.4. The van der Waals surface area contributed by atoms with Crippen molar-refractivity contribution in [1.82, 2.24) is 4.31 Å². The topological polar surface area (TPSA) is 37.4 Å². The SMILES string of the molecule is CC1(C)CC2CC(C)(CN2S(=O)(=O)c2ccc(F)cc2)C1. The van der Waals surface area contributed by atoms with Gasteiger partial charge >= 0.3 is 0 Å². The predicted octanol–water partition coefficient (Wildman–Crippen LogP) is 3.42. The maximum Gasteiger partial charge on any atom is 0.243 e. The van der Waals surface area contributed by atoms with Gasteiger partial charge in [0.15, 0.2) is 0 Å². The molecule has 2 bridgehead atoms. The zero-order chi connectivity index (χ0) is 15.5. The molecule has 116 valence electrons. The largest absolute Gasteiger partial charge is 0.243 e. The first-order chi connectivity index (χ1) is 9.61. The van der Waals surface area contributed by atoms with Crippen molar-refractivity contribution in [3.63, 3.8) is 0 Å². The molecule has 1 heterocycles. The van der Waals surface area contributed by atoms with Crippen LogP contribution in [-0.4, -0.2) is 25.3 Å². The predicted molar refractivity (Wildman–Crippen MR) is 79.8 cm³/mol. The summed E-state index contributed by atoms with van der Waals surface area (Å²) in [4.78, 5) is 0.192. The van der Waals surface area contributed by atoms with Crippen LogP contribution in [0.2, 0.25) is 0 Å².